The number of aromatic nitrogens is 2. The van der Waals surface area contributed by atoms with Crippen LogP contribution in [-0.4, -0.2) is 16.5 Å². The van der Waals surface area contributed by atoms with E-state index < -0.39 is 0 Å². The predicted octanol–water partition coefficient (Wildman–Crippen LogP) is 1.61. The molecule has 1 heterocycles. The van der Waals surface area contributed by atoms with Crippen LogP contribution in [0.4, 0.5) is 0 Å². The van der Waals surface area contributed by atoms with Gasteiger partial charge in [-0.3, -0.25) is 15.0 Å². The van der Waals surface area contributed by atoms with E-state index in [0.717, 1.165) is 0 Å². The quantitative estimate of drug-likeness (QED) is 0.500. The Morgan fingerprint density at radius 1 is 1.40 bits per heavy atom. The molecule has 0 atom stereocenters. The summed E-state index contributed by atoms with van der Waals surface area (Å²) >= 11 is 9.48. The molecular formula is C5H4N2OS2. The predicted molar refractivity (Wildman–Crippen MR) is 42.2 cm³/mol. The van der Waals surface area contributed by atoms with Crippen LogP contribution in [0, 0.1) is 9.28 Å². The minimum atomic E-state index is 0.378. The molecule has 5 heteroatoms. The van der Waals surface area contributed by atoms with Gasteiger partial charge in [-0.2, -0.15) is 0 Å². The first kappa shape index (κ1) is 7.30. The lowest BCUT2D eigenvalue weighted by molar-refractivity contribution is 0.112. The van der Waals surface area contributed by atoms with Crippen molar-refractivity contribution >= 4 is 30.7 Å². The Kier molecular flexibility index (Phi) is 2.08. The van der Waals surface area contributed by atoms with Crippen LogP contribution in [0.15, 0.2) is 6.07 Å². The standard InChI is InChI=1S/C5H4N2OS2/c8-2-3-1-4(9)6-7-5(3)10/h1-2H,(H,6,9)(H,7,10). The number of H-pyrrole nitrogens is 2. The lowest BCUT2D eigenvalue weighted by atomic mass is 10.3. The van der Waals surface area contributed by atoms with Crippen LogP contribution >= 0.6 is 24.4 Å². The van der Waals surface area contributed by atoms with Crippen molar-refractivity contribution in [2.75, 3.05) is 0 Å². The summed E-state index contributed by atoms with van der Waals surface area (Å²) in [5.41, 5.74) is 0.416. The van der Waals surface area contributed by atoms with Crippen molar-refractivity contribution in [3.05, 3.63) is 20.9 Å². The van der Waals surface area contributed by atoms with Gasteiger partial charge in [0.05, 0.1) is 5.56 Å². The second-order valence-corrected chi connectivity index (χ2v) is 2.51. The molecule has 0 spiro atoms. The first-order valence-electron chi connectivity index (χ1n) is 2.51. The fraction of sp³-hybridized carbons (Fsp3) is 0. The Morgan fingerprint density at radius 2 is 2.10 bits per heavy atom. The third kappa shape index (κ3) is 1.37. The normalized spacial score (nSPS) is 9.20. The lowest BCUT2D eigenvalue weighted by Gasteiger charge is -1.88. The van der Waals surface area contributed by atoms with Gasteiger partial charge in [0.2, 0.25) is 0 Å². The van der Waals surface area contributed by atoms with Crippen molar-refractivity contribution in [2.24, 2.45) is 0 Å². The van der Waals surface area contributed by atoms with Crippen LogP contribution in [0.5, 0.6) is 0 Å². The third-order valence-electron chi connectivity index (χ3n) is 0.975. The summed E-state index contributed by atoms with van der Waals surface area (Å²) < 4.78 is 0.847. The van der Waals surface area contributed by atoms with Crippen molar-refractivity contribution in [3.63, 3.8) is 0 Å². The van der Waals surface area contributed by atoms with Crippen LogP contribution in [0.1, 0.15) is 10.4 Å². The molecule has 1 aromatic rings. The smallest absolute Gasteiger partial charge is 0.153 e. The summed E-state index contributed by atoms with van der Waals surface area (Å²) in [7, 11) is 0. The van der Waals surface area contributed by atoms with Crippen molar-refractivity contribution in [3.8, 4) is 0 Å². The maximum atomic E-state index is 10.2. The zero-order valence-corrected chi connectivity index (χ0v) is 6.51. The summed E-state index contributed by atoms with van der Waals surface area (Å²) in [5, 5.41) is 5.17. The molecule has 0 aliphatic heterocycles. The molecule has 1 rings (SSSR count). The molecule has 52 valence electrons. The molecule has 0 bridgehead atoms. The van der Waals surface area contributed by atoms with E-state index in [1.54, 1.807) is 0 Å². The maximum Gasteiger partial charge on any atom is 0.153 e. The van der Waals surface area contributed by atoms with Gasteiger partial charge in [0.25, 0.3) is 0 Å². The highest BCUT2D eigenvalue weighted by Crippen LogP contribution is 1.93. The minimum Gasteiger partial charge on any atom is -0.298 e. The van der Waals surface area contributed by atoms with Crippen molar-refractivity contribution in [1.29, 1.82) is 0 Å². The molecule has 2 N–H and O–H groups in total. The Labute approximate surface area is 67.1 Å². The third-order valence-corrected chi connectivity index (χ3v) is 1.53. The Hall–Kier alpha value is -0.810. The number of nitrogens with one attached hydrogen (secondary N) is 2. The summed E-state index contributed by atoms with van der Waals surface area (Å²) in [5.74, 6) is 0. The van der Waals surface area contributed by atoms with Gasteiger partial charge >= 0.3 is 0 Å². The van der Waals surface area contributed by atoms with Crippen LogP contribution < -0.4 is 0 Å². The first-order valence-corrected chi connectivity index (χ1v) is 3.33. The van der Waals surface area contributed by atoms with Crippen molar-refractivity contribution in [2.45, 2.75) is 0 Å². The van der Waals surface area contributed by atoms with Crippen LogP contribution in [0.25, 0.3) is 0 Å². The number of carbonyl (C=O) groups is 1. The number of aromatic amines is 2. The van der Waals surface area contributed by atoms with E-state index in [1.807, 2.05) is 0 Å². The Balaban J connectivity index is 3.50. The van der Waals surface area contributed by atoms with Gasteiger partial charge in [0.1, 0.15) is 9.28 Å². The molecule has 0 amide bonds. The second kappa shape index (κ2) is 2.85. The fourth-order valence-electron chi connectivity index (χ4n) is 0.521. The van der Waals surface area contributed by atoms with E-state index in [0.29, 0.717) is 21.1 Å². The van der Waals surface area contributed by atoms with Crippen LogP contribution in [0.2, 0.25) is 0 Å². The second-order valence-electron chi connectivity index (χ2n) is 1.66. The average Bonchev–Trinajstić information content (AvgIpc) is 1.94. The number of carbonyl (C=O) groups excluding carboxylic acids is 1. The summed E-state index contributed by atoms with van der Waals surface area (Å²) in [6.45, 7) is 0. The molecule has 0 radical (unpaired) electrons. The first-order chi connectivity index (χ1) is 4.74. The topological polar surface area (TPSA) is 48.6 Å². The molecule has 0 aliphatic rings. The molecule has 0 aliphatic carbocycles. The Bertz CT molecular complexity index is 351. The number of aldehydes is 1. The van der Waals surface area contributed by atoms with Crippen LogP contribution in [-0.2, 0) is 0 Å². The molecule has 0 fully saturated rings. The van der Waals surface area contributed by atoms with E-state index in [2.05, 4.69) is 10.2 Å². The van der Waals surface area contributed by atoms with E-state index in [9.17, 15) is 4.79 Å². The van der Waals surface area contributed by atoms with Gasteiger partial charge in [0, 0.05) is 0 Å². The zero-order valence-electron chi connectivity index (χ0n) is 4.88. The van der Waals surface area contributed by atoms with E-state index >= 15 is 0 Å². The molecule has 0 saturated heterocycles. The molecule has 0 saturated carbocycles. The molecular weight excluding hydrogens is 168 g/mol. The summed E-state index contributed by atoms with van der Waals surface area (Å²) in [6.07, 6.45) is 0.669. The highest BCUT2D eigenvalue weighted by Gasteiger charge is 1.90. The minimum absolute atomic E-state index is 0.378. The highest BCUT2D eigenvalue weighted by atomic mass is 32.1. The van der Waals surface area contributed by atoms with Gasteiger partial charge in [0.15, 0.2) is 6.29 Å². The molecule has 10 heavy (non-hydrogen) atoms. The number of rotatable bonds is 1. The van der Waals surface area contributed by atoms with E-state index in [4.69, 9.17) is 24.4 Å². The van der Waals surface area contributed by atoms with Crippen LogP contribution in [0.3, 0.4) is 0 Å². The van der Waals surface area contributed by atoms with E-state index in [-0.39, 0.29) is 0 Å². The largest absolute Gasteiger partial charge is 0.298 e. The summed E-state index contributed by atoms with van der Waals surface area (Å²) in [4.78, 5) is 10.2. The SMILES string of the molecule is O=Cc1cc(=S)[nH][nH]c1=S. The summed E-state index contributed by atoms with van der Waals surface area (Å²) in [6, 6.07) is 1.52. The van der Waals surface area contributed by atoms with Gasteiger partial charge in [-0.05, 0) is 6.07 Å². The highest BCUT2D eigenvalue weighted by molar-refractivity contribution is 7.71. The van der Waals surface area contributed by atoms with Crippen molar-refractivity contribution < 1.29 is 4.79 Å². The van der Waals surface area contributed by atoms with Gasteiger partial charge < -0.3 is 0 Å². The molecule has 0 aromatic carbocycles. The molecule has 3 nitrogen and oxygen atoms in total. The van der Waals surface area contributed by atoms with Gasteiger partial charge in [-0.1, -0.05) is 24.4 Å². The average molecular weight is 172 g/mol. The maximum absolute atomic E-state index is 10.2. The molecule has 1 aromatic heterocycles. The van der Waals surface area contributed by atoms with E-state index in [1.165, 1.54) is 6.07 Å². The van der Waals surface area contributed by atoms with Gasteiger partial charge in [-0.25, -0.2) is 0 Å². The monoisotopic (exact) mass is 172 g/mol. The lowest BCUT2D eigenvalue weighted by Crippen LogP contribution is -1.88. The molecule has 0 unspecified atom stereocenters. The zero-order chi connectivity index (χ0) is 7.56. The van der Waals surface area contributed by atoms with Crippen molar-refractivity contribution in [1.82, 2.24) is 10.2 Å². The van der Waals surface area contributed by atoms with Gasteiger partial charge in [-0.15, -0.1) is 0 Å². The fourth-order valence-corrected chi connectivity index (χ4v) is 0.857. The number of hydrogen-bond donors (Lipinski definition) is 2. The Morgan fingerprint density at radius 3 is 2.60 bits per heavy atom. The number of hydrogen-bond acceptors (Lipinski definition) is 3.